The average Bonchev–Trinajstić information content (AvgIpc) is 3.14. The van der Waals surface area contributed by atoms with Crippen molar-refractivity contribution in [1.82, 2.24) is 5.32 Å². The zero-order valence-corrected chi connectivity index (χ0v) is 11.5. The van der Waals surface area contributed by atoms with Crippen LogP contribution in [0.15, 0.2) is 18.2 Å². The maximum Gasteiger partial charge on any atom is 0.416 e. The molecule has 2 amide bonds. The second-order valence-corrected chi connectivity index (χ2v) is 5.17. The fourth-order valence-electron chi connectivity index (χ4n) is 1.64. The van der Waals surface area contributed by atoms with E-state index in [2.05, 4.69) is 10.6 Å². The molecule has 8 heteroatoms. The second-order valence-electron chi connectivity index (χ2n) is 4.76. The van der Waals surface area contributed by atoms with Crippen LogP contribution in [0.3, 0.4) is 0 Å². The van der Waals surface area contributed by atoms with Crippen molar-refractivity contribution in [3.05, 3.63) is 28.8 Å². The molecule has 1 aromatic rings. The molecule has 1 fully saturated rings. The van der Waals surface area contributed by atoms with E-state index in [0.717, 1.165) is 31.0 Å². The zero-order chi connectivity index (χ0) is 15.6. The molecule has 1 aliphatic rings. The van der Waals surface area contributed by atoms with Gasteiger partial charge in [0.1, 0.15) is 6.42 Å². The molecule has 4 nitrogen and oxygen atoms in total. The first-order valence-corrected chi connectivity index (χ1v) is 6.59. The summed E-state index contributed by atoms with van der Waals surface area (Å²) in [7, 11) is 0. The molecule has 0 radical (unpaired) electrons. The molecule has 21 heavy (non-hydrogen) atoms. The van der Waals surface area contributed by atoms with Gasteiger partial charge in [0.15, 0.2) is 0 Å². The molecule has 0 bridgehead atoms. The Morgan fingerprint density at radius 1 is 1.24 bits per heavy atom. The van der Waals surface area contributed by atoms with Gasteiger partial charge >= 0.3 is 6.18 Å². The molecule has 0 spiro atoms. The number of amides is 2. The van der Waals surface area contributed by atoms with E-state index in [1.807, 2.05) is 0 Å². The molecule has 0 aliphatic heterocycles. The lowest BCUT2D eigenvalue weighted by Gasteiger charge is -2.11. The number of hydrogen-bond donors (Lipinski definition) is 2. The fraction of sp³-hybridized carbons (Fsp3) is 0.385. The third-order valence-electron chi connectivity index (χ3n) is 2.83. The van der Waals surface area contributed by atoms with Gasteiger partial charge < -0.3 is 10.6 Å². The molecule has 0 aromatic heterocycles. The van der Waals surface area contributed by atoms with Crippen LogP contribution >= 0.6 is 11.6 Å². The fourth-order valence-corrected chi connectivity index (χ4v) is 1.81. The summed E-state index contributed by atoms with van der Waals surface area (Å²) in [5.41, 5.74) is -1.10. The highest BCUT2D eigenvalue weighted by molar-refractivity contribution is 6.33. The molecule has 0 heterocycles. The number of carbonyl (C=O) groups is 2. The third-order valence-corrected chi connectivity index (χ3v) is 3.16. The molecule has 0 saturated heterocycles. The number of rotatable bonds is 4. The van der Waals surface area contributed by atoms with Crippen LogP contribution in [0.4, 0.5) is 18.9 Å². The lowest BCUT2D eigenvalue weighted by molar-refractivity contribution is -0.137. The highest BCUT2D eigenvalue weighted by atomic mass is 35.5. The van der Waals surface area contributed by atoms with Gasteiger partial charge in [-0.05, 0) is 31.0 Å². The standard InChI is InChI=1S/C13H12ClF3N2O2/c14-9-4-1-7(13(15,16)17)5-10(9)19-12(21)6-11(20)18-8-2-3-8/h1,4-5,8H,2-3,6H2,(H,18,20)(H,19,21). The van der Waals surface area contributed by atoms with Gasteiger partial charge in [-0.3, -0.25) is 9.59 Å². The van der Waals surface area contributed by atoms with Crippen molar-refractivity contribution in [3.63, 3.8) is 0 Å². The highest BCUT2D eigenvalue weighted by Gasteiger charge is 2.31. The van der Waals surface area contributed by atoms with Gasteiger partial charge in [-0.2, -0.15) is 13.2 Å². The second kappa shape index (κ2) is 5.93. The Hall–Kier alpha value is -1.76. The molecular formula is C13H12ClF3N2O2. The first kappa shape index (κ1) is 15.6. The van der Waals surface area contributed by atoms with Crippen molar-refractivity contribution in [2.75, 3.05) is 5.32 Å². The Labute approximate surface area is 123 Å². The minimum absolute atomic E-state index is 0.0287. The Morgan fingerprint density at radius 3 is 2.48 bits per heavy atom. The molecule has 114 valence electrons. The van der Waals surface area contributed by atoms with Crippen LogP contribution in [0, 0.1) is 0 Å². The third kappa shape index (κ3) is 4.63. The summed E-state index contributed by atoms with van der Waals surface area (Å²) in [6, 6.07) is 2.71. The maximum atomic E-state index is 12.6. The van der Waals surface area contributed by atoms with Gasteiger partial charge in [-0.25, -0.2) is 0 Å². The van der Waals surface area contributed by atoms with E-state index >= 15 is 0 Å². The molecule has 1 saturated carbocycles. The predicted molar refractivity (Wildman–Crippen MR) is 70.9 cm³/mol. The van der Waals surface area contributed by atoms with E-state index in [0.29, 0.717) is 0 Å². The van der Waals surface area contributed by atoms with Crippen LogP contribution in [0.25, 0.3) is 0 Å². The maximum absolute atomic E-state index is 12.6. The molecule has 0 unspecified atom stereocenters. The quantitative estimate of drug-likeness (QED) is 0.838. The molecular weight excluding hydrogens is 309 g/mol. The largest absolute Gasteiger partial charge is 0.416 e. The predicted octanol–water partition coefficient (Wildman–Crippen LogP) is 2.97. The monoisotopic (exact) mass is 320 g/mol. The normalized spacial score (nSPS) is 14.7. The van der Waals surface area contributed by atoms with Crippen molar-refractivity contribution >= 4 is 29.1 Å². The van der Waals surface area contributed by atoms with Crippen molar-refractivity contribution in [2.45, 2.75) is 31.5 Å². The lowest BCUT2D eigenvalue weighted by atomic mass is 10.2. The number of alkyl halides is 3. The number of anilines is 1. The van der Waals surface area contributed by atoms with Crippen LogP contribution in [0.1, 0.15) is 24.8 Å². The van der Waals surface area contributed by atoms with Crippen LogP contribution in [0.5, 0.6) is 0 Å². The Morgan fingerprint density at radius 2 is 1.90 bits per heavy atom. The van der Waals surface area contributed by atoms with Gasteiger partial charge in [-0.1, -0.05) is 11.6 Å². The van der Waals surface area contributed by atoms with Crippen molar-refractivity contribution in [3.8, 4) is 0 Å². The van der Waals surface area contributed by atoms with Gasteiger partial charge in [0.2, 0.25) is 11.8 Å². The summed E-state index contributed by atoms with van der Waals surface area (Å²) < 4.78 is 37.7. The lowest BCUT2D eigenvalue weighted by Crippen LogP contribution is -2.29. The van der Waals surface area contributed by atoms with Crippen molar-refractivity contribution in [2.24, 2.45) is 0 Å². The van der Waals surface area contributed by atoms with E-state index in [9.17, 15) is 22.8 Å². The Balaban J connectivity index is 2.00. The first-order chi connectivity index (χ1) is 9.75. The zero-order valence-electron chi connectivity index (χ0n) is 10.8. The average molecular weight is 321 g/mol. The van der Waals surface area contributed by atoms with Crippen molar-refractivity contribution < 1.29 is 22.8 Å². The van der Waals surface area contributed by atoms with Gasteiger partial charge in [0.05, 0.1) is 16.3 Å². The minimum Gasteiger partial charge on any atom is -0.353 e. The molecule has 2 N–H and O–H groups in total. The van der Waals surface area contributed by atoms with Crippen LogP contribution < -0.4 is 10.6 Å². The Kier molecular flexibility index (Phi) is 4.41. The smallest absolute Gasteiger partial charge is 0.353 e. The van der Waals surface area contributed by atoms with E-state index < -0.39 is 30.0 Å². The molecule has 1 aliphatic carbocycles. The number of hydrogen-bond acceptors (Lipinski definition) is 2. The van der Waals surface area contributed by atoms with E-state index in [1.165, 1.54) is 0 Å². The van der Waals surface area contributed by atoms with E-state index in [4.69, 9.17) is 11.6 Å². The van der Waals surface area contributed by atoms with Gasteiger partial charge in [-0.15, -0.1) is 0 Å². The van der Waals surface area contributed by atoms with Crippen LogP contribution in [-0.2, 0) is 15.8 Å². The van der Waals surface area contributed by atoms with Crippen LogP contribution in [-0.4, -0.2) is 17.9 Å². The molecule has 0 atom stereocenters. The summed E-state index contributed by atoms with van der Waals surface area (Å²) in [6.07, 6.45) is -3.23. The summed E-state index contributed by atoms with van der Waals surface area (Å²) in [5, 5.41) is 4.79. The Bertz CT molecular complexity index is 571. The minimum atomic E-state index is -4.53. The van der Waals surface area contributed by atoms with Gasteiger partial charge in [0, 0.05) is 6.04 Å². The van der Waals surface area contributed by atoms with Gasteiger partial charge in [0.25, 0.3) is 0 Å². The number of nitrogens with one attached hydrogen (secondary N) is 2. The molecule has 2 rings (SSSR count). The topological polar surface area (TPSA) is 58.2 Å². The summed E-state index contributed by atoms with van der Waals surface area (Å²) in [5.74, 6) is -1.17. The number of halogens is 4. The van der Waals surface area contributed by atoms with E-state index in [1.54, 1.807) is 0 Å². The van der Waals surface area contributed by atoms with E-state index in [-0.39, 0.29) is 16.8 Å². The summed E-state index contributed by atoms with van der Waals surface area (Å²) in [4.78, 5) is 23.0. The SMILES string of the molecule is O=C(CC(=O)NC1CC1)Nc1cc(C(F)(F)F)ccc1Cl. The highest BCUT2D eigenvalue weighted by Crippen LogP contribution is 2.33. The summed E-state index contributed by atoms with van der Waals surface area (Å²) in [6.45, 7) is 0. The summed E-state index contributed by atoms with van der Waals surface area (Å²) >= 11 is 5.74. The van der Waals surface area contributed by atoms with Crippen LogP contribution in [0.2, 0.25) is 5.02 Å². The van der Waals surface area contributed by atoms with Crippen molar-refractivity contribution in [1.29, 1.82) is 0 Å². The molecule has 1 aromatic carbocycles. The number of carbonyl (C=O) groups excluding carboxylic acids is 2. The number of benzene rings is 1. The first-order valence-electron chi connectivity index (χ1n) is 6.21.